The Morgan fingerprint density at radius 1 is 1.32 bits per heavy atom. The summed E-state index contributed by atoms with van der Waals surface area (Å²) in [6, 6.07) is 0.270. The molecule has 0 bridgehead atoms. The number of hydrogen-bond donors (Lipinski definition) is 1. The zero-order chi connectivity index (χ0) is 15.9. The van der Waals surface area contributed by atoms with Crippen LogP contribution in [-0.2, 0) is 4.74 Å². The summed E-state index contributed by atoms with van der Waals surface area (Å²) in [6.07, 6.45) is 8.64. The molecule has 0 aromatic heterocycles. The maximum atomic E-state index is 5.40. The van der Waals surface area contributed by atoms with Gasteiger partial charge in [-0.3, -0.25) is 0 Å². The van der Waals surface area contributed by atoms with E-state index in [1.807, 2.05) is 13.0 Å². The molecule has 0 spiro atoms. The molecule has 2 aliphatic carbocycles. The molecule has 3 atom stereocenters. The van der Waals surface area contributed by atoms with Crippen molar-refractivity contribution in [2.75, 3.05) is 7.11 Å². The van der Waals surface area contributed by atoms with E-state index in [-0.39, 0.29) is 12.0 Å². The Morgan fingerprint density at radius 2 is 2.09 bits per heavy atom. The van der Waals surface area contributed by atoms with E-state index in [2.05, 4.69) is 63.3 Å². The molecule has 116 valence electrons. The molecule has 0 aromatic carbocycles. The fourth-order valence-corrected chi connectivity index (χ4v) is 3.68. The molecule has 0 fully saturated rings. The molecule has 0 amide bonds. The highest BCUT2D eigenvalue weighted by Crippen LogP contribution is 2.39. The molecule has 1 N–H and O–H groups in total. The number of fused-ring (bicyclic) bond motifs is 1. The van der Waals surface area contributed by atoms with Gasteiger partial charge in [0.1, 0.15) is 17.4 Å². The van der Waals surface area contributed by atoms with Crippen molar-refractivity contribution in [1.82, 2.24) is 5.32 Å². The van der Waals surface area contributed by atoms with Crippen LogP contribution in [0.5, 0.6) is 0 Å². The molecule has 1 heterocycles. The van der Waals surface area contributed by atoms with Crippen LogP contribution in [0.1, 0.15) is 20.8 Å². The van der Waals surface area contributed by atoms with Crippen LogP contribution in [0, 0.1) is 11.8 Å². The summed E-state index contributed by atoms with van der Waals surface area (Å²) in [7, 11) is 1.67. The molecule has 0 saturated heterocycles. The average Bonchev–Trinajstić information content (AvgIpc) is 3.02. The predicted octanol–water partition coefficient (Wildman–Crippen LogP) is 3.69. The van der Waals surface area contributed by atoms with E-state index in [9.17, 15) is 0 Å². The lowest BCUT2D eigenvalue weighted by molar-refractivity contribution is 0.306. The maximum Gasteiger partial charge on any atom is 0.131 e. The number of rotatable bonds is 3. The van der Waals surface area contributed by atoms with Crippen LogP contribution in [0.2, 0.25) is 0 Å². The SMILES string of the molecule is COC1=C(Br)C2C(=C1)N=C(C)N=C2NC(C)C1C=CC(C)=C1. The van der Waals surface area contributed by atoms with Crippen LogP contribution in [0.3, 0.4) is 0 Å². The van der Waals surface area contributed by atoms with E-state index in [1.54, 1.807) is 7.11 Å². The number of aliphatic imine (C=N–C) groups is 2. The summed E-state index contributed by atoms with van der Waals surface area (Å²) in [5.74, 6) is 2.91. The van der Waals surface area contributed by atoms with Crippen LogP contribution < -0.4 is 5.32 Å². The topological polar surface area (TPSA) is 46.0 Å². The van der Waals surface area contributed by atoms with Crippen LogP contribution in [0.4, 0.5) is 0 Å². The Kier molecular flexibility index (Phi) is 4.08. The molecular formula is C17H20BrN3O. The van der Waals surface area contributed by atoms with Gasteiger partial charge in [-0.15, -0.1) is 0 Å². The van der Waals surface area contributed by atoms with E-state index in [1.165, 1.54) is 5.57 Å². The molecule has 0 radical (unpaired) electrons. The second kappa shape index (κ2) is 5.88. The minimum Gasteiger partial charge on any atom is -0.496 e. The first-order valence-electron chi connectivity index (χ1n) is 7.42. The van der Waals surface area contributed by atoms with Gasteiger partial charge in [0.25, 0.3) is 0 Å². The molecule has 3 unspecified atom stereocenters. The van der Waals surface area contributed by atoms with Gasteiger partial charge in [0.2, 0.25) is 0 Å². The van der Waals surface area contributed by atoms with Gasteiger partial charge < -0.3 is 10.1 Å². The zero-order valence-corrected chi connectivity index (χ0v) is 14.8. The number of ether oxygens (including phenoxy) is 1. The molecular weight excluding hydrogens is 342 g/mol. The summed E-state index contributed by atoms with van der Waals surface area (Å²) in [5.41, 5.74) is 2.28. The molecule has 0 saturated carbocycles. The molecule has 3 aliphatic rings. The third-order valence-electron chi connectivity index (χ3n) is 4.12. The normalized spacial score (nSPS) is 27.9. The molecule has 3 rings (SSSR count). The monoisotopic (exact) mass is 361 g/mol. The minimum absolute atomic E-state index is 0.0107. The fraction of sp³-hybridized carbons (Fsp3) is 0.412. The first-order valence-corrected chi connectivity index (χ1v) is 8.21. The highest BCUT2D eigenvalue weighted by molar-refractivity contribution is 9.11. The molecule has 0 aromatic rings. The summed E-state index contributed by atoms with van der Waals surface area (Å²) in [4.78, 5) is 9.16. The van der Waals surface area contributed by atoms with Crippen molar-refractivity contribution in [1.29, 1.82) is 0 Å². The summed E-state index contributed by atoms with van der Waals surface area (Å²) < 4.78 is 6.38. The number of allylic oxidation sites excluding steroid dienone is 3. The van der Waals surface area contributed by atoms with E-state index in [4.69, 9.17) is 4.74 Å². The third-order valence-corrected chi connectivity index (χ3v) is 4.97. The number of hydrogen-bond acceptors (Lipinski definition) is 4. The number of halogens is 1. The van der Waals surface area contributed by atoms with Crippen LogP contribution in [-0.4, -0.2) is 24.8 Å². The van der Waals surface area contributed by atoms with Gasteiger partial charge in [-0.2, -0.15) is 0 Å². The average molecular weight is 362 g/mol. The highest BCUT2D eigenvalue weighted by atomic mass is 79.9. The number of nitrogens with one attached hydrogen (secondary N) is 1. The summed E-state index contributed by atoms with van der Waals surface area (Å²) in [6.45, 7) is 6.22. The maximum absolute atomic E-state index is 5.40. The van der Waals surface area contributed by atoms with Crippen molar-refractivity contribution < 1.29 is 4.74 Å². The van der Waals surface area contributed by atoms with Gasteiger partial charge in [0.15, 0.2) is 0 Å². The van der Waals surface area contributed by atoms with Gasteiger partial charge in [-0.1, -0.05) is 39.7 Å². The lowest BCUT2D eigenvalue weighted by Gasteiger charge is -2.26. The van der Waals surface area contributed by atoms with E-state index >= 15 is 0 Å². The Labute approximate surface area is 139 Å². The van der Waals surface area contributed by atoms with Gasteiger partial charge in [-0.25, -0.2) is 9.98 Å². The van der Waals surface area contributed by atoms with Crippen molar-refractivity contribution in [2.24, 2.45) is 21.8 Å². The second-order valence-corrected chi connectivity index (χ2v) is 6.71. The van der Waals surface area contributed by atoms with Crippen molar-refractivity contribution in [2.45, 2.75) is 26.8 Å². The molecule has 22 heavy (non-hydrogen) atoms. The largest absolute Gasteiger partial charge is 0.496 e. The van der Waals surface area contributed by atoms with E-state index < -0.39 is 0 Å². The zero-order valence-electron chi connectivity index (χ0n) is 13.2. The lowest BCUT2D eigenvalue weighted by Crippen LogP contribution is -2.42. The van der Waals surface area contributed by atoms with Gasteiger partial charge in [-0.05, 0) is 20.8 Å². The first kappa shape index (κ1) is 15.3. The second-order valence-electron chi connectivity index (χ2n) is 5.85. The minimum atomic E-state index is 0.0107. The Balaban J connectivity index is 1.84. The summed E-state index contributed by atoms with van der Waals surface area (Å²) >= 11 is 3.64. The van der Waals surface area contributed by atoms with E-state index in [0.717, 1.165) is 27.6 Å². The van der Waals surface area contributed by atoms with Crippen LogP contribution in [0.25, 0.3) is 0 Å². The van der Waals surface area contributed by atoms with Gasteiger partial charge in [0, 0.05) is 18.0 Å². The smallest absolute Gasteiger partial charge is 0.131 e. The van der Waals surface area contributed by atoms with Gasteiger partial charge in [0.05, 0.1) is 23.2 Å². The fourth-order valence-electron chi connectivity index (χ4n) is 2.96. The van der Waals surface area contributed by atoms with Crippen molar-refractivity contribution in [3.8, 4) is 0 Å². The molecule has 4 nitrogen and oxygen atoms in total. The standard InChI is InChI=1S/C17H20BrN3O/c1-9-5-6-12(7-9)10(2)19-17-15-13(20-11(3)21-17)8-14(22-4)16(15)18/h5-8,10,12,15H,1-4H3,(H,19,20,21). The Morgan fingerprint density at radius 3 is 2.73 bits per heavy atom. The number of nitrogens with zero attached hydrogens (tertiary/aromatic N) is 2. The lowest BCUT2D eigenvalue weighted by atomic mass is 10.00. The van der Waals surface area contributed by atoms with Crippen molar-refractivity contribution >= 4 is 27.6 Å². The first-order chi connectivity index (χ1) is 10.5. The van der Waals surface area contributed by atoms with Crippen molar-refractivity contribution in [3.63, 3.8) is 0 Å². The summed E-state index contributed by atoms with van der Waals surface area (Å²) in [5, 5.41) is 3.57. The van der Waals surface area contributed by atoms with E-state index in [0.29, 0.717) is 5.92 Å². The molecule has 5 heteroatoms. The Bertz CT molecular complexity index is 682. The predicted molar refractivity (Wildman–Crippen MR) is 94.1 cm³/mol. The van der Waals surface area contributed by atoms with Gasteiger partial charge >= 0.3 is 0 Å². The number of amidine groups is 2. The third kappa shape index (κ3) is 2.70. The Hall–Kier alpha value is -1.62. The molecule has 1 aliphatic heterocycles. The highest BCUT2D eigenvalue weighted by Gasteiger charge is 2.35. The van der Waals surface area contributed by atoms with Crippen LogP contribution in [0.15, 0.2) is 55.8 Å². The van der Waals surface area contributed by atoms with Crippen molar-refractivity contribution in [3.05, 3.63) is 45.8 Å². The number of methoxy groups -OCH3 is 1. The van der Waals surface area contributed by atoms with Crippen LogP contribution >= 0.6 is 15.9 Å². The quantitative estimate of drug-likeness (QED) is 0.832.